The van der Waals surface area contributed by atoms with Crippen molar-refractivity contribution in [1.29, 1.82) is 0 Å². The van der Waals surface area contributed by atoms with Crippen molar-refractivity contribution in [2.75, 3.05) is 18.6 Å². The van der Waals surface area contributed by atoms with E-state index in [0.717, 1.165) is 31.5 Å². The highest BCUT2D eigenvalue weighted by Crippen LogP contribution is 2.09. The van der Waals surface area contributed by atoms with Crippen molar-refractivity contribution in [3.05, 3.63) is 0 Å². The fourth-order valence-corrected chi connectivity index (χ4v) is 1.91. The summed E-state index contributed by atoms with van der Waals surface area (Å²) in [6.07, 6.45) is 2.04. The van der Waals surface area contributed by atoms with Gasteiger partial charge < -0.3 is 5.11 Å². The molecule has 84 valence electrons. The molecule has 3 nitrogen and oxygen atoms in total. The van der Waals surface area contributed by atoms with E-state index in [1.54, 1.807) is 13.8 Å². The fourth-order valence-electron chi connectivity index (χ4n) is 0.636. The summed E-state index contributed by atoms with van der Waals surface area (Å²) in [5.74, 6) is 1.77. The zero-order chi connectivity index (χ0) is 11.4. The maximum absolute atomic E-state index is 10.5. The van der Waals surface area contributed by atoms with Gasteiger partial charge in [-0.25, -0.2) is 0 Å². The minimum absolute atomic E-state index is 0.175. The number of thioether (sulfide) groups is 2. The molecule has 1 N–H and O–H groups in total. The van der Waals surface area contributed by atoms with Gasteiger partial charge in [0.1, 0.15) is 0 Å². The summed E-state index contributed by atoms with van der Waals surface area (Å²) in [7, 11) is 1.00. The molecule has 0 radical (unpaired) electrons. The number of hydrogen-bond donors (Lipinski definition) is 1. The van der Waals surface area contributed by atoms with Crippen molar-refractivity contribution in [2.24, 2.45) is 0 Å². The minimum Gasteiger partial charge on any atom is -0.400 e. The largest absolute Gasteiger partial charge is 0.400 e. The highest BCUT2D eigenvalue weighted by atomic mass is 32.2. The molecule has 0 atom stereocenters. The summed E-state index contributed by atoms with van der Waals surface area (Å²) in [6.45, 7) is 3.16. The van der Waals surface area contributed by atoms with E-state index in [1.807, 2.05) is 0 Å². The zero-order valence-electron chi connectivity index (χ0n) is 8.91. The Morgan fingerprint density at radius 1 is 0.929 bits per heavy atom. The summed E-state index contributed by atoms with van der Waals surface area (Å²) < 4.78 is 0. The van der Waals surface area contributed by atoms with Gasteiger partial charge in [-0.15, -0.1) is 0 Å². The molecule has 0 rings (SSSR count). The Morgan fingerprint density at radius 3 is 1.43 bits per heavy atom. The molecule has 0 aliphatic heterocycles. The van der Waals surface area contributed by atoms with Crippen LogP contribution in [0.2, 0.25) is 0 Å². The molecule has 0 aliphatic rings. The van der Waals surface area contributed by atoms with Gasteiger partial charge in [-0.2, -0.15) is 0 Å². The third-order valence-electron chi connectivity index (χ3n) is 1.15. The molecule has 0 bridgehead atoms. The van der Waals surface area contributed by atoms with Gasteiger partial charge in [-0.05, 0) is 12.8 Å². The van der Waals surface area contributed by atoms with Crippen LogP contribution in [0.15, 0.2) is 0 Å². The number of rotatable bonds is 5. The van der Waals surface area contributed by atoms with Crippen LogP contribution in [0.3, 0.4) is 0 Å². The Hall–Kier alpha value is -0.0000000000000000763. The first-order chi connectivity index (χ1) is 6.63. The Kier molecular flexibility index (Phi) is 15.3. The number of unbranched alkanes of at least 4 members (excludes halogenated alkanes) is 1. The van der Waals surface area contributed by atoms with Crippen LogP contribution in [0, 0.1) is 0 Å². The number of hydrogen-bond acceptors (Lipinski definition) is 5. The lowest BCUT2D eigenvalue weighted by atomic mass is 10.4. The van der Waals surface area contributed by atoms with Crippen molar-refractivity contribution in [3.63, 3.8) is 0 Å². The van der Waals surface area contributed by atoms with Crippen LogP contribution in [0.4, 0.5) is 0 Å². The van der Waals surface area contributed by atoms with E-state index in [9.17, 15) is 9.59 Å². The van der Waals surface area contributed by atoms with E-state index >= 15 is 0 Å². The van der Waals surface area contributed by atoms with Crippen molar-refractivity contribution in [3.8, 4) is 0 Å². The molecule has 0 heterocycles. The Bertz CT molecular complexity index is 142. The molecule has 0 aromatic heterocycles. The van der Waals surface area contributed by atoms with E-state index in [2.05, 4.69) is 0 Å². The van der Waals surface area contributed by atoms with Gasteiger partial charge in [0.15, 0.2) is 10.2 Å². The van der Waals surface area contributed by atoms with Crippen molar-refractivity contribution in [1.82, 2.24) is 0 Å². The molecular formula is C9H18O3S2. The first-order valence-electron chi connectivity index (χ1n) is 4.34. The van der Waals surface area contributed by atoms with Crippen LogP contribution in [0.5, 0.6) is 0 Å². The second-order valence-electron chi connectivity index (χ2n) is 2.39. The summed E-state index contributed by atoms with van der Waals surface area (Å²) >= 11 is 2.71. The third-order valence-corrected chi connectivity index (χ3v) is 2.95. The molecule has 0 saturated heterocycles. The number of aliphatic hydroxyl groups excluding tert-OH is 1. The SMILES string of the molecule is CC(=O)SCCCCSC(C)=O.CO. The van der Waals surface area contributed by atoms with E-state index in [0.29, 0.717) is 0 Å². The van der Waals surface area contributed by atoms with E-state index in [-0.39, 0.29) is 10.2 Å². The lowest BCUT2D eigenvalue weighted by Crippen LogP contribution is -1.90. The van der Waals surface area contributed by atoms with Gasteiger partial charge in [-0.1, -0.05) is 23.5 Å². The molecule has 0 amide bonds. The highest BCUT2D eigenvalue weighted by molar-refractivity contribution is 8.13. The summed E-state index contributed by atoms with van der Waals surface area (Å²) in [5.41, 5.74) is 0. The van der Waals surface area contributed by atoms with Gasteiger partial charge >= 0.3 is 0 Å². The lowest BCUT2D eigenvalue weighted by molar-refractivity contribution is -0.109. The fraction of sp³-hybridized carbons (Fsp3) is 0.778. The zero-order valence-corrected chi connectivity index (χ0v) is 10.5. The summed E-state index contributed by atoms with van der Waals surface area (Å²) in [5, 5.41) is 7.35. The number of aliphatic hydroxyl groups is 1. The topological polar surface area (TPSA) is 54.4 Å². The molecule has 0 fully saturated rings. The lowest BCUT2D eigenvalue weighted by Gasteiger charge is -1.96. The average Bonchev–Trinajstić information content (AvgIpc) is 2.13. The molecule has 0 saturated carbocycles. The van der Waals surface area contributed by atoms with Gasteiger partial charge in [0.25, 0.3) is 0 Å². The van der Waals surface area contributed by atoms with Crippen LogP contribution in [-0.2, 0) is 9.59 Å². The monoisotopic (exact) mass is 238 g/mol. The first kappa shape index (κ1) is 16.4. The number of carbonyl (C=O) groups is 2. The molecule has 0 aromatic rings. The normalized spacial score (nSPS) is 8.86. The highest BCUT2D eigenvalue weighted by Gasteiger charge is 1.96. The Balaban J connectivity index is 0. The van der Waals surface area contributed by atoms with E-state index in [4.69, 9.17) is 5.11 Å². The second kappa shape index (κ2) is 13.0. The van der Waals surface area contributed by atoms with Crippen LogP contribution < -0.4 is 0 Å². The molecule has 14 heavy (non-hydrogen) atoms. The van der Waals surface area contributed by atoms with Gasteiger partial charge in [-0.3, -0.25) is 9.59 Å². The smallest absolute Gasteiger partial charge is 0.185 e. The van der Waals surface area contributed by atoms with Crippen molar-refractivity contribution in [2.45, 2.75) is 26.7 Å². The third kappa shape index (κ3) is 17.9. The number of carbonyl (C=O) groups excluding carboxylic acids is 2. The maximum Gasteiger partial charge on any atom is 0.185 e. The summed E-state index contributed by atoms with van der Waals surface area (Å²) in [6, 6.07) is 0. The maximum atomic E-state index is 10.5. The van der Waals surface area contributed by atoms with Gasteiger partial charge in [0.05, 0.1) is 0 Å². The minimum atomic E-state index is 0.175. The molecule has 0 spiro atoms. The van der Waals surface area contributed by atoms with Crippen LogP contribution in [0.25, 0.3) is 0 Å². The molecule has 0 unspecified atom stereocenters. The summed E-state index contributed by atoms with van der Waals surface area (Å²) in [4.78, 5) is 21.0. The molecular weight excluding hydrogens is 220 g/mol. The Morgan fingerprint density at radius 2 is 1.21 bits per heavy atom. The Labute approximate surface area is 94.0 Å². The van der Waals surface area contributed by atoms with E-state index in [1.165, 1.54) is 23.5 Å². The average molecular weight is 238 g/mol. The quantitative estimate of drug-likeness (QED) is 0.742. The van der Waals surface area contributed by atoms with Crippen molar-refractivity contribution >= 4 is 33.8 Å². The van der Waals surface area contributed by atoms with E-state index < -0.39 is 0 Å². The standard InChI is InChI=1S/C8H14O2S2.CH4O/c1-7(9)11-5-3-4-6-12-8(2)10;1-2/h3-6H2,1-2H3;2H,1H3. The van der Waals surface area contributed by atoms with Gasteiger partial charge in [0, 0.05) is 32.5 Å². The van der Waals surface area contributed by atoms with Crippen molar-refractivity contribution < 1.29 is 14.7 Å². The molecule has 0 aromatic carbocycles. The predicted octanol–water partition coefficient (Wildman–Crippen LogP) is 1.93. The van der Waals surface area contributed by atoms with Crippen LogP contribution in [-0.4, -0.2) is 34.0 Å². The van der Waals surface area contributed by atoms with Gasteiger partial charge in [0.2, 0.25) is 0 Å². The second-order valence-corrected chi connectivity index (χ2v) is 4.93. The molecule has 0 aliphatic carbocycles. The first-order valence-corrected chi connectivity index (χ1v) is 6.31. The predicted molar refractivity (Wildman–Crippen MR) is 63.7 cm³/mol. The molecule has 5 heteroatoms. The van der Waals surface area contributed by atoms with Crippen LogP contribution >= 0.6 is 23.5 Å². The van der Waals surface area contributed by atoms with Crippen LogP contribution in [0.1, 0.15) is 26.7 Å².